The minimum absolute atomic E-state index is 0.0617. The van der Waals surface area contributed by atoms with E-state index < -0.39 is 5.60 Å². The van der Waals surface area contributed by atoms with Gasteiger partial charge in [0, 0.05) is 13.0 Å². The van der Waals surface area contributed by atoms with E-state index in [-0.39, 0.29) is 5.91 Å². The van der Waals surface area contributed by atoms with Crippen LogP contribution in [0.15, 0.2) is 0 Å². The highest BCUT2D eigenvalue weighted by Gasteiger charge is 2.29. The van der Waals surface area contributed by atoms with Gasteiger partial charge in [-0.15, -0.1) is 0 Å². The van der Waals surface area contributed by atoms with E-state index in [0.29, 0.717) is 31.3 Å². The van der Waals surface area contributed by atoms with Crippen LogP contribution in [-0.4, -0.2) is 29.7 Å². The summed E-state index contributed by atoms with van der Waals surface area (Å²) in [6.45, 7) is 5.46. The average Bonchev–Trinajstić information content (AvgIpc) is 2.42. The van der Waals surface area contributed by atoms with Crippen molar-refractivity contribution in [3.05, 3.63) is 0 Å². The molecule has 0 radical (unpaired) electrons. The molecule has 0 bridgehead atoms. The lowest BCUT2D eigenvalue weighted by atomic mass is 9.84. The largest absolute Gasteiger partial charge is 0.388 e. The summed E-state index contributed by atoms with van der Waals surface area (Å²) in [7, 11) is 0. The SMILES string of the molecule is CC(C)C(CCN)CCC(=O)NCC1(O)CCCCC1. The van der Waals surface area contributed by atoms with E-state index in [0.717, 1.165) is 38.5 Å². The highest BCUT2D eigenvalue weighted by Crippen LogP contribution is 2.27. The molecule has 0 aromatic carbocycles. The fraction of sp³-hybridized carbons (Fsp3) is 0.938. The maximum atomic E-state index is 11.9. The van der Waals surface area contributed by atoms with Crippen molar-refractivity contribution in [3.63, 3.8) is 0 Å². The number of aliphatic hydroxyl groups is 1. The van der Waals surface area contributed by atoms with Crippen LogP contribution in [0.2, 0.25) is 0 Å². The van der Waals surface area contributed by atoms with Gasteiger partial charge in [-0.25, -0.2) is 0 Å². The van der Waals surface area contributed by atoms with Gasteiger partial charge in [0.2, 0.25) is 5.91 Å². The number of nitrogens with two attached hydrogens (primary N) is 1. The lowest BCUT2D eigenvalue weighted by Crippen LogP contribution is -2.44. The van der Waals surface area contributed by atoms with Gasteiger partial charge < -0.3 is 16.2 Å². The topological polar surface area (TPSA) is 75.4 Å². The number of hydrogen-bond acceptors (Lipinski definition) is 3. The second-order valence-electron chi connectivity index (χ2n) is 6.68. The molecular formula is C16H32N2O2. The molecule has 1 unspecified atom stereocenters. The van der Waals surface area contributed by atoms with Crippen LogP contribution in [0.25, 0.3) is 0 Å². The van der Waals surface area contributed by atoms with Crippen LogP contribution in [-0.2, 0) is 4.79 Å². The second kappa shape index (κ2) is 8.63. The summed E-state index contributed by atoms with van der Waals surface area (Å²) in [6, 6.07) is 0. The number of rotatable bonds is 8. The number of carbonyl (C=O) groups is 1. The third kappa shape index (κ3) is 6.23. The van der Waals surface area contributed by atoms with Crippen molar-refractivity contribution in [2.75, 3.05) is 13.1 Å². The van der Waals surface area contributed by atoms with Gasteiger partial charge in [-0.05, 0) is 44.1 Å². The monoisotopic (exact) mass is 284 g/mol. The zero-order chi connectivity index (χ0) is 15.0. The molecule has 1 fully saturated rings. The van der Waals surface area contributed by atoms with Crippen LogP contribution in [0.1, 0.15) is 65.2 Å². The van der Waals surface area contributed by atoms with Gasteiger partial charge in [-0.3, -0.25) is 4.79 Å². The zero-order valence-corrected chi connectivity index (χ0v) is 13.2. The maximum absolute atomic E-state index is 11.9. The predicted octanol–water partition coefficient (Wildman–Crippen LogP) is 2.20. The number of hydrogen-bond donors (Lipinski definition) is 3. The molecule has 1 rings (SSSR count). The molecule has 0 aliphatic heterocycles. The zero-order valence-electron chi connectivity index (χ0n) is 13.2. The van der Waals surface area contributed by atoms with Crippen molar-refractivity contribution in [2.24, 2.45) is 17.6 Å². The molecule has 1 aliphatic rings. The highest BCUT2D eigenvalue weighted by molar-refractivity contribution is 5.75. The highest BCUT2D eigenvalue weighted by atomic mass is 16.3. The first-order chi connectivity index (χ1) is 9.47. The molecule has 118 valence electrons. The standard InChI is InChI=1S/C16H32N2O2/c1-13(2)14(8-11-17)6-7-15(19)18-12-16(20)9-4-3-5-10-16/h13-14,20H,3-12,17H2,1-2H3,(H,18,19). The van der Waals surface area contributed by atoms with Crippen molar-refractivity contribution in [2.45, 2.75) is 70.8 Å². The molecule has 0 saturated heterocycles. The Balaban J connectivity index is 2.25. The van der Waals surface area contributed by atoms with Crippen molar-refractivity contribution >= 4 is 5.91 Å². The van der Waals surface area contributed by atoms with Crippen LogP contribution < -0.4 is 11.1 Å². The van der Waals surface area contributed by atoms with Crippen LogP contribution in [0.3, 0.4) is 0 Å². The molecule has 4 nitrogen and oxygen atoms in total. The molecule has 0 aromatic rings. The Hall–Kier alpha value is -0.610. The molecular weight excluding hydrogens is 252 g/mol. The van der Waals surface area contributed by atoms with Crippen molar-refractivity contribution in [1.29, 1.82) is 0 Å². The normalized spacial score (nSPS) is 19.9. The number of nitrogens with one attached hydrogen (secondary N) is 1. The Morgan fingerprint density at radius 1 is 1.25 bits per heavy atom. The maximum Gasteiger partial charge on any atom is 0.220 e. The molecule has 1 atom stereocenters. The van der Waals surface area contributed by atoms with Crippen LogP contribution in [0.5, 0.6) is 0 Å². The van der Waals surface area contributed by atoms with Gasteiger partial charge in [0.15, 0.2) is 0 Å². The summed E-state index contributed by atoms with van der Waals surface area (Å²) < 4.78 is 0. The fourth-order valence-electron chi connectivity index (χ4n) is 3.08. The van der Waals surface area contributed by atoms with Crippen molar-refractivity contribution < 1.29 is 9.90 Å². The summed E-state index contributed by atoms with van der Waals surface area (Å²) in [5.41, 5.74) is 4.95. The molecule has 1 saturated carbocycles. The lowest BCUT2D eigenvalue weighted by Gasteiger charge is -2.32. The van der Waals surface area contributed by atoms with E-state index in [9.17, 15) is 9.90 Å². The lowest BCUT2D eigenvalue weighted by molar-refractivity contribution is -0.123. The van der Waals surface area contributed by atoms with Crippen molar-refractivity contribution in [1.82, 2.24) is 5.32 Å². The van der Waals surface area contributed by atoms with Gasteiger partial charge in [-0.1, -0.05) is 33.1 Å². The van der Waals surface area contributed by atoms with E-state index in [1.165, 1.54) is 6.42 Å². The van der Waals surface area contributed by atoms with E-state index in [2.05, 4.69) is 19.2 Å². The van der Waals surface area contributed by atoms with E-state index >= 15 is 0 Å². The molecule has 4 heteroatoms. The number of amides is 1. The van der Waals surface area contributed by atoms with Crippen LogP contribution in [0.4, 0.5) is 0 Å². The molecule has 20 heavy (non-hydrogen) atoms. The summed E-state index contributed by atoms with van der Waals surface area (Å²) in [5, 5.41) is 13.2. The summed E-state index contributed by atoms with van der Waals surface area (Å²) >= 11 is 0. The summed E-state index contributed by atoms with van der Waals surface area (Å²) in [6.07, 6.45) is 7.37. The summed E-state index contributed by atoms with van der Waals surface area (Å²) in [4.78, 5) is 11.9. The van der Waals surface area contributed by atoms with E-state index in [4.69, 9.17) is 5.73 Å². The smallest absolute Gasteiger partial charge is 0.220 e. The molecule has 0 heterocycles. The first kappa shape index (κ1) is 17.4. The minimum atomic E-state index is -0.664. The first-order valence-electron chi connectivity index (χ1n) is 8.16. The molecule has 0 spiro atoms. The Kier molecular flexibility index (Phi) is 7.52. The quantitative estimate of drug-likeness (QED) is 0.639. The van der Waals surface area contributed by atoms with E-state index in [1.54, 1.807) is 0 Å². The Bertz CT molecular complexity index is 286. The van der Waals surface area contributed by atoms with E-state index in [1.807, 2.05) is 0 Å². The second-order valence-corrected chi connectivity index (χ2v) is 6.68. The number of carbonyl (C=O) groups excluding carboxylic acids is 1. The van der Waals surface area contributed by atoms with Crippen LogP contribution >= 0.6 is 0 Å². The fourth-order valence-corrected chi connectivity index (χ4v) is 3.08. The summed E-state index contributed by atoms with van der Waals surface area (Å²) in [5.74, 6) is 1.14. The third-order valence-electron chi connectivity index (χ3n) is 4.62. The Morgan fingerprint density at radius 2 is 1.90 bits per heavy atom. The van der Waals surface area contributed by atoms with Gasteiger partial charge in [-0.2, -0.15) is 0 Å². The molecule has 4 N–H and O–H groups in total. The molecule has 1 aliphatic carbocycles. The first-order valence-corrected chi connectivity index (χ1v) is 8.16. The Labute approximate surface area is 123 Å². The van der Waals surface area contributed by atoms with Crippen molar-refractivity contribution in [3.8, 4) is 0 Å². The average molecular weight is 284 g/mol. The van der Waals surface area contributed by atoms with Crippen LogP contribution in [0, 0.1) is 11.8 Å². The molecule has 0 aromatic heterocycles. The third-order valence-corrected chi connectivity index (χ3v) is 4.62. The van der Waals surface area contributed by atoms with Gasteiger partial charge >= 0.3 is 0 Å². The van der Waals surface area contributed by atoms with Gasteiger partial charge in [0.25, 0.3) is 0 Å². The van der Waals surface area contributed by atoms with Gasteiger partial charge in [0.05, 0.1) is 5.60 Å². The minimum Gasteiger partial charge on any atom is -0.388 e. The van der Waals surface area contributed by atoms with Gasteiger partial charge in [0.1, 0.15) is 0 Å². The molecule has 1 amide bonds. The Morgan fingerprint density at radius 3 is 2.45 bits per heavy atom. The predicted molar refractivity (Wildman–Crippen MR) is 82.3 cm³/mol.